The molecule has 0 radical (unpaired) electrons. The topological polar surface area (TPSA) is 62.8 Å². The molecule has 2 bridgehead atoms. The van der Waals surface area contributed by atoms with Crippen LogP contribution in [0.1, 0.15) is 18.5 Å². The quantitative estimate of drug-likeness (QED) is 0.505. The van der Waals surface area contributed by atoms with Crippen LogP contribution in [0.25, 0.3) is 0 Å². The van der Waals surface area contributed by atoms with Gasteiger partial charge in [0.05, 0.1) is 13.2 Å². The molecule has 2 aliphatic rings. The Morgan fingerprint density at radius 1 is 1.15 bits per heavy atom. The van der Waals surface area contributed by atoms with E-state index >= 15 is 0 Å². The normalized spacial score (nSPS) is 23.1. The Bertz CT molecular complexity index is 1240. The molecule has 1 saturated heterocycles. The number of thiocarbonyl (C=S) groups is 1. The van der Waals surface area contributed by atoms with Gasteiger partial charge >= 0.3 is 0 Å². The number of fused-ring (bicyclic) bond motifs is 4. The number of nitrogens with zero attached hydrogens (tertiary/aromatic N) is 1. The number of hydrogen-bond donors (Lipinski definition) is 2. The first kappa shape index (κ1) is 21.6. The van der Waals surface area contributed by atoms with Crippen LogP contribution >= 0.6 is 23.8 Å². The van der Waals surface area contributed by atoms with Gasteiger partial charge in [0.1, 0.15) is 17.4 Å². The summed E-state index contributed by atoms with van der Waals surface area (Å²) in [6.07, 6.45) is 0. The Labute approximate surface area is 202 Å². The molecule has 2 aliphatic heterocycles. The van der Waals surface area contributed by atoms with Crippen molar-refractivity contribution in [2.24, 2.45) is 5.92 Å². The van der Waals surface area contributed by atoms with Gasteiger partial charge in [0.15, 0.2) is 10.8 Å². The summed E-state index contributed by atoms with van der Waals surface area (Å²) < 4.78 is 11.8. The van der Waals surface area contributed by atoms with E-state index in [0.29, 0.717) is 27.3 Å². The van der Waals surface area contributed by atoms with Gasteiger partial charge in [-0.1, -0.05) is 35.9 Å². The fourth-order valence-electron chi connectivity index (χ4n) is 4.63. The van der Waals surface area contributed by atoms with Crippen LogP contribution in [0.3, 0.4) is 0 Å². The van der Waals surface area contributed by atoms with Crippen LogP contribution in [0.5, 0.6) is 11.5 Å². The minimum absolute atomic E-state index is 0.191. The van der Waals surface area contributed by atoms with Gasteiger partial charge in [0.2, 0.25) is 5.91 Å². The van der Waals surface area contributed by atoms with Crippen molar-refractivity contribution in [2.75, 3.05) is 17.3 Å². The average Bonchev–Trinajstić information content (AvgIpc) is 2.79. The highest BCUT2D eigenvalue weighted by Crippen LogP contribution is 2.49. The number of para-hydroxylation sites is 1. The molecule has 1 amide bonds. The third kappa shape index (κ3) is 3.67. The molecule has 0 unspecified atom stereocenters. The Morgan fingerprint density at radius 3 is 2.64 bits per heavy atom. The molecule has 0 saturated carbocycles. The second-order valence-electron chi connectivity index (χ2n) is 8.13. The van der Waals surface area contributed by atoms with Crippen molar-refractivity contribution in [3.05, 3.63) is 83.4 Å². The molecular weight excluding hydrogens is 458 g/mol. The molecule has 1 fully saturated rings. The molecule has 33 heavy (non-hydrogen) atoms. The van der Waals surface area contributed by atoms with Crippen LogP contribution < -0.4 is 25.0 Å². The molecule has 8 heteroatoms. The zero-order chi connectivity index (χ0) is 23.2. The molecule has 0 spiro atoms. The number of hydrogen-bond acceptors (Lipinski definition) is 4. The van der Waals surface area contributed by atoms with E-state index in [1.807, 2.05) is 54.3 Å². The van der Waals surface area contributed by atoms with Crippen molar-refractivity contribution in [2.45, 2.75) is 18.7 Å². The molecule has 3 aromatic rings. The summed E-state index contributed by atoms with van der Waals surface area (Å²) in [6, 6.07) is 21.9. The van der Waals surface area contributed by atoms with Crippen LogP contribution in [0.4, 0.5) is 11.4 Å². The van der Waals surface area contributed by atoms with Gasteiger partial charge < -0.3 is 20.1 Å². The average molecular weight is 480 g/mol. The lowest BCUT2D eigenvalue weighted by atomic mass is 9.78. The summed E-state index contributed by atoms with van der Waals surface area (Å²) in [5.74, 6) is 0.607. The van der Waals surface area contributed by atoms with Crippen molar-refractivity contribution < 1.29 is 14.3 Å². The lowest BCUT2D eigenvalue weighted by Gasteiger charge is -2.56. The second-order valence-corrected chi connectivity index (χ2v) is 8.96. The molecule has 3 atom stereocenters. The number of nitrogens with one attached hydrogen (secondary N) is 2. The Morgan fingerprint density at radius 2 is 1.91 bits per heavy atom. The number of carbonyl (C=O) groups is 1. The summed E-state index contributed by atoms with van der Waals surface area (Å²) in [7, 11) is 1.60. The van der Waals surface area contributed by atoms with Crippen molar-refractivity contribution in [3.8, 4) is 11.5 Å². The minimum atomic E-state index is -1.09. The number of rotatable bonds is 4. The summed E-state index contributed by atoms with van der Waals surface area (Å²) in [6.45, 7) is 1.89. The predicted molar refractivity (Wildman–Crippen MR) is 133 cm³/mol. The largest absolute Gasteiger partial charge is 0.497 e. The molecule has 2 N–H and O–H groups in total. The van der Waals surface area contributed by atoms with Crippen molar-refractivity contribution in [3.63, 3.8) is 0 Å². The van der Waals surface area contributed by atoms with E-state index in [1.54, 1.807) is 37.4 Å². The Balaban J connectivity index is 1.59. The molecule has 6 nitrogen and oxygen atoms in total. The first-order chi connectivity index (χ1) is 15.9. The third-order valence-electron chi connectivity index (χ3n) is 6.11. The van der Waals surface area contributed by atoms with Crippen LogP contribution in [0.2, 0.25) is 5.02 Å². The van der Waals surface area contributed by atoms with E-state index in [4.69, 9.17) is 33.3 Å². The summed E-state index contributed by atoms with van der Waals surface area (Å²) in [5, 5.41) is 7.45. The summed E-state index contributed by atoms with van der Waals surface area (Å²) >= 11 is 12.0. The molecule has 0 aromatic heterocycles. The van der Waals surface area contributed by atoms with E-state index < -0.39 is 11.6 Å². The molecule has 168 valence electrons. The van der Waals surface area contributed by atoms with Gasteiger partial charge in [-0.25, -0.2) is 0 Å². The van der Waals surface area contributed by atoms with E-state index in [2.05, 4.69) is 10.6 Å². The van der Waals surface area contributed by atoms with E-state index in [1.165, 1.54) is 0 Å². The van der Waals surface area contributed by atoms with Crippen molar-refractivity contribution in [1.82, 2.24) is 5.32 Å². The third-order valence-corrected chi connectivity index (χ3v) is 6.65. The maximum absolute atomic E-state index is 13.7. The summed E-state index contributed by atoms with van der Waals surface area (Å²) in [5.41, 5.74) is 1.20. The Kier molecular flexibility index (Phi) is 5.38. The fraction of sp³-hybridized carbons (Fsp3) is 0.200. The highest BCUT2D eigenvalue weighted by atomic mass is 35.5. The highest BCUT2D eigenvalue weighted by molar-refractivity contribution is 7.80. The minimum Gasteiger partial charge on any atom is -0.497 e. The van der Waals surface area contributed by atoms with Crippen LogP contribution in [-0.2, 0) is 4.79 Å². The van der Waals surface area contributed by atoms with Crippen molar-refractivity contribution >= 4 is 46.2 Å². The number of amides is 1. The zero-order valence-electron chi connectivity index (χ0n) is 18.0. The number of benzene rings is 3. The lowest BCUT2D eigenvalue weighted by molar-refractivity contribution is -0.130. The number of ether oxygens (including phenoxy) is 2. The van der Waals surface area contributed by atoms with Gasteiger partial charge in [0.25, 0.3) is 0 Å². The fourth-order valence-corrected chi connectivity index (χ4v) is 5.23. The summed E-state index contributed by atoms with van der Waals surface area (Å²) in [4.78, 5) is 15.6. The van der Waals surface area contributed by atoms with E-state index in [0.717, 1.165) is 11.3 Å². The SMILES string of the molecule is COc1ccc(NC(=O)[C@H]2[C@H]3NC(=S)N(c4cccc(Cl)c4)[C@@]2(C)Oc2ccccc23)cc1. The first-order valence-electron chi connectivity index (χ1n) is 10.5. The van der Waals surface area contributed by atoms with Crippen LogP contribution in [0.15, 0.2) is 72.8 Å². The molecular formula is C25H22ClN3O3S. The van der Waals surface area contributed by atoms with Crippen LogP contribution in [-0.4, -0.2) is 23.9 Å². The maximum Gasteiger partial charge on any atom is 0.236 e. The standard InChI is InChI=1S/C25H22ClN3O3S/c1-25-21(23(30)27-16-10-12-18(31-2)13-11-16)22(19-8-3-4-9-20(19)32-25)28-24(33)29(25)17-7-5-6-15(26)14-17/h3-14,21-22H,1-2H3,(H,27,30)(H,28,33)/t21-,22+,25+/m1/s1. The van der Waals surface area contributed by atoms with Gasteiger partial charge in [-0.05, 0) is 67.7 Å². The predicted octanol–water partition coefficient (Wildman–Crippen LogP) is 5.15. The number of anilines is 2. The molecule has 2 heterocycles. The zero-order valence-corrected chi connectivity index (χ0v) is 19.6. The van der Waals surface area contributed by atoms with E-state index in [-0.39, 0.29) is 11.9 Å². The first-order valence-corrected chi connectivity index (χ1v) is 11.3. The van der Waals surface area contributed by atoms with E-state index in [9.17, 15) is 4.79 Å². The lowest BCUT2D eigenvalue weighted by Crippen LogP contribution is -2.72. The number of carbonyl (C=O) groups excluding carboxylic acids is 1. The maximum atomic E-state index is 13.7. The molecule has 3 aromatic carbocycles. The highest BCUT2D eigenvalue weighted by Gasteiger charge is 2.59. The molecule has 5 rings (SSSR count). The van der Waals surface area contributed by atoms with Gasteiger partial charge in [-0.15, -0.1) is 0 Å². The van der Waals surface area contributed by atoms with Crippen LogP contribution in [0, 0.1) is 5.92 Å². The van der Waals surface area contributed by atoms with Gasteiger partial charge in [0, 0.05) is 22.0 Å². The van der Waals surface area contributed by atoms with Crippen molar-refractivity contribution in [1.29, 1.82) is 0 Å². The van der Waals surface area contributed by atoms with Gasteiger partial charge in [-0.3, -0.25) is 9.69 Å². The smallest absolute Gasteiger partial charge is 0.236 e. The molecule has 0 aliphatic carbocycles. The van der Waals surface area contributed by atoms with Gasteiger partial charge in [-0.2, -0.15) is 0 Å². The Hall–Kier alpha value is -3.29. The number of methoxy groups -OCH3 is 1. The number of halogens is 1. The second kappa shape index (κ2) is 8.24. The monoisotopic (exact) mass is 479 g/mol.